The van der Waals surface area contributed by atoms with Crippen LogP contribution < -0.4 is 5.84 Å². The summed E-state index contributed by atoms with van der Waals surface area (Å²) in [5, 5.41) is 4.30. The minimum Gasteiger partial charge on any atom is -0.373 e. The first-order valence-corrected chi connectivity index (χ1v) is 4.36. The lowest BCUT2D eigenvalue weighted by atomic mass is 9.86. The van der Waals surface area contributed by atoms with Crippen molar-refractivity contribution in [3.63, 3.8) is 0 Å². The first kappa shape index (κ1) is 12.3. The van der Waals surface area contributed by atoms with Crippen molar-refractivity contribution in [2.24, 2.45) is 11.1 Å². The van der Waals surface area contributed by atoms with E-state index in [-0.39, 0.29) is 0 Å². The number of rotatable bonds is 5. The molecule has 0 aliphatic rings. The maximum atomic E-state index is 6.85. The Morgan fingerprint density at radius 2 is 1.85 bits per heavy atom. The van der Waals surface area contributed by atoms with Gasteiger partial charge in [-0.1, -0.05) is 5.22 Å². The molecule has 0 aromatic heterocycles. The van der Waals surface area contributed by atoms with E-state index in [0.29, 0.717) is 6.61 Å². The van der Waals surface area contributed by atoms with E-state index in [2.05, 4.69) is 5.22 Å². The molecular formula is C8H20N4O. The van der Waals surface area contributed by atoms with E-state index in [1.54, 1.807) is 0 Å². The fourth-order valence-electron chi connectivity index (χ4n) is 0.938. The van der Waals surface area contributed by atoms with Crippen LogP contribution in [0.25, 0.3) is 0 Å². The Balaban J connectivity index is 4.67. The minimum absolute atomic E-state index is 0.443. The number of nitrogens with two attached hydrogens (primary N) is 1. The maximum absolute atomic E-state index is 6.85. The largest absolute Gasteiger partial charge is 0.373 e. The molecule has 78 valence electrons. The highest BCUT2D eigenvalue weighted by Crippen LogP contribution is 2.29. The van der Waals surface area contributed by atoms with Crippen LogP contribution in [0.15, 0.2) is 5.22 Å². The molecule has 3 N–H and O–H groups in total. The fraction of sp³-hybridized carbons (Fsp3) is 1.00. The minimum atomic E-state index is -0.509. The van der Waals surface area contributed by atoms with E-state index >= 15 is 0 Å². The van der Waals surface area contributed by atoms with Crippen LogP contribution in [-0.4, -0.2) is 22.9 Å². The highest BCUT2D eigenvalue weighted by molar-refractivity contribution is 4.93. The van der Waals surface area contributed by atoms with Gasteiger partial charge in [0.1, 0.15) is 0 Å². The molecule has 0 saturated carbocycles. The molecule has 0 saturated heterocycles. The number of nitrogens with zero attached hydrogens (tertiary/aromatic N) is 2. The smallest absolute Gasteiger partial charge is 0.0991 e. The van der Waals surface area contributed by atoms with Gasteiger partial charge in [-0.25, -0.2) is 11.0 Å². The summed E-state index contributed by atoms with van der Waals surface area (Å²) < 4.78 is 5.55. The second kappa shape index (κ2) is 4.02. The lowest BCUT2D eigenvalue weighted by Gasteiger charge is -2.44. The zero-order valence-electron chi connectivity index (χ0n) is 9.09. The predicted molar refractivity (Wildman–Crippen MR) is 51.0 cm³/mol. The van der Waals surface area contributed by atoms with E-state index in [1.807, 2.05) is 34.6 Å². The average Bonchev–Trinajstić information content (AvgIpc) is 2.02. The molecule has 0 aliphatic carbocycles. The van der Waals surface area contributed by atoms with Gasteiger partial charge >= 0.3 is 0 Å². The van der Waals surface area contributed by atoms with E-state index < -0.39 is 11.1 Å². The Bertz CT molecular complexity index is 179. The molecular weight excluding hydrogens is 168 g/mol. The van der Waals surface area contributed by atoms with Crippen LogP contribution in [0.1, 0.15) is 34.6 Å². The topological polar surface area (TPSA) is 74.7 Å². The van der Waals surface area contributed by atoms with Crippen LogP contribution in [0.5, 0.6) is 0 Å². The van der Waals surface area contributed by atoms with Gasteiger partial charge in [-0.15, -0.1) is 0 Å². The Labute approximate surface area is 79.7 Å². The lowest BCUT2D eigenvalue weighted by Crippen LogP contribution is -2.59. The van der Waals surface area contributed by atoms with Crippen molar-refractivity contribution in [2.75, 3.05) is 6.61 Å². The SMILES string of the molecule is CCOC(C)(C)C(C)(C)N(N)N=N. The van der Waals surface area contributed by atoms with Gasteiger partial charge in [0, 0.05) is 6.61 Å². The van der Waals surface area contributed by atoms with Crippen LogP contribution in [0, 0.1) is 5.53 Å². The summed E-state index contributed by atoms with van der Waals surface area (Å²) in [6, 6.07) is 0. The Kier molecular flexibility index (Phi) is 3.81. The predicted octanol–water partition coefficient (Wildman–Crippen LogP) is 1.70. The van der Waals surface area contributed by atoms with Crippen LogP contribution >= 0.6 is 0 Å². The quantitative estimate of drug-likeness (QED) is 0.392. The maximum Gasteiger partial charge on any atom is 0.0991 e. The normalized spacial score (nSPS) is 12.8. The molecule has 0 spiro atoms. The van der Waals surface area contributed by atoms with E-state index in [0.717, 1.165) is 5.12 Å². The van der Waals surface area contributed by atoms with Gasteiger partial charge in [0.25, 0.3) is 0 Å². The molecule has 13 heavy (non-hydrogen) atoms. The third-order valence-electron chi connectivity index (χ3n) is 2.66. The molecule has 0 radical (unpaired) electrons. The highest BCUT2D eigenvalue weighted by Gasteiger charge is 2.42. The second-order valence-corrected chi connectivity index (χ2v) is 3.95. The first-order chi connectivity index (χ1) is 5.79. The number of hydrazine groups is 1. The molecule has 0 amide bonds. The van der Waals surface area contributed by atoms with Gasteiger partial charge < -0.3 is 4.74 Å². The summed E-state index contributed by atoms with van der Waals surface area (Å²) in [6.07, 6.45) is 0. The number of hydrogen-bond donors (Lipinski definition) is 2. The summed E-state index contributed by atoms with van der Waals surface area (Å²) in [4.78, 5) is 0. The van der Waals surface area contributed by atoms with Gasteiger partial charge in [-0.2, -0.15) is 5.53 Å². The van der Waals surface area contributed by atoms with Crippen molar-refractivity contribution in [1.82, 2.24) is 5.12 Å². The molecule has 0 unspecified atom stereocenters. The van der Waals surface area contributed by atoms with Gasteiger partial charge in [-0.3, -0.25) is 0 Å². The Morgan fingerprint density at radius 3 is 2.15 bits per heavy atom. The van der Waals surface area contributed by atoms with Crippen LogP contribution in [0.2, 0.25) is 0 Å². The van der Waals surface area contributed by atoms with Crippen molar-refractivity contribution in [1.29, 1.82) is 5.53 Å². The van der Waals surface area contributed by atoms with Crippen LogP contribution in [0.4, 0.5) is 0 Å². The van der Waals surface area contributed by atoms with Crippen molar-refractivity contribution >= 4 is 0 Å². The zero-order chi connectivity index (χ0) is 10.7. The monoisotopic (exact) mass is 188 g/mol. The van der Waals surface area contributed by atoms with Gasteiger partial charge in [0.15, 0.2) is 0 Å². The number of hydrogen-bond acceptors (Lipinski definition) is 4. The van der Waals surface area contributed by atoms with E-state index in [9.17, 15) is 0 Å². The lowest BCUT2D eigenvalue weighted by molar-refractivity contribution is -0.119. The van der Waals surface area contributed by atoms with E-state index in [1.165, 1.54) is 0 Å². The summed E-state index contributed by atoms with van der Waals surface area (Å²) in [6.45, 7) is 10.2. The highest BCUT2D eigenvalue weighted by atomic mass is 16.5. The Hall–Kier alpha value is -0.680. The number of ether oxygens (including phenoxy) is 1. The third kappa shape index (κ3) is 2.38. The summed E-state index contributed by atoms with van der Waals surface area (Å²) in [5.74, 6) is 5.57. The summed E-state index contributed by atoms with van der Waals surface area (Å²) >= 11 is 0. The van der Waals surface area contributed by atoms with Crippen molar-refractivity contribution < 1.29 is 4.74 Å². The van der Waals surface area contributed by atoms with Gasteiger partial charge in [0.2, 0.25) is 0 Å². The molecule has 0 rings (SSSR count). The molecule has 0 aromatic carbocycles. The number of nitrogens with one attached hydrogen (secondary N) is 1. The van der Waals surface area contributed by atoms with Gasteiger partial charge in [0.05, 0.1) is 11.1 Å². The van der Waals surface area contributed by atoms with Crippen molar-refractivity contribution in [3.05, 3.63) is 0 Å². The molecule has 0 aliphatic heterocycles. The molecule has 0 heterocycles. The molecule has 5 heteroatoms. The molecule has 0 aromatic rings. The summed E-state index contributed by atoms with van der Waals surface area (Å²) in [7, 11) is 0. The first-order valence-electron chi connectivity index (χ1n) is 4.36. The summed E-state index contributed by atoms with van der Waals surface area (Å²) in [5.41, 5.74) is 5.89. The second-order valence-electron chi connectivity index (χ2n) is 3.95. The molecule has 5 nitrogen and oxygen atoms in total. The Morgan fingerprint density at radius 1 is 1.38 bits per heavy atom. The standard InChI is InChI=1S/C8H20N4O/c1-6-13-8(4,5)7(2,3)12(10)11-9/h9H,6,10H2,1-5H3. The molecule has 0 fully saturated rings. The van der Waals surface area contributed by atoms with Crippen LogP contribution in [-0.2, 0) is 4.74 Å². The average molecular weight is 188 g/mol. The van der Waals surface area contributed by atoms with Crippen molar-refractivity contribution in [2.45, 2.75) is 45.8 Å². The van der Waals surface area contributed by atoms with Crippen molar-refractivity contribution in [3.8, 4) is 0 Å². The van der Waals surface area contributed by atoms with E-state index in [4.69, 9.17) is 16.1 Å². The molecule has 0 bridgehead atoms. The third-order valence-corrected chi connectivity index (χ3v) is 2.66. The fourth-order valence-corrected chi connectivity index (χ4v) is 0.938. The molecule has 0 atom stereocenters. The zero-order valence-corrected chi connectivity index (χ0v) is 9.09. The van der Waals surface area contributed by atoms with Crippen LogP contribution in [0.3, 0.4) is 0 Å². The van der Waals surface area contributed by atoms with Gasteiger partial charge in [-0.05, 0) is 34.6 Å².